The van der Waals surface area contributed by atoms with Crippen LogP contribution in [0.5, 0.6) is 0 Å². The van der Waals surface area contributed by atoms with Gasteiger partial charge in [-0.25, -0.2) is 4.98 Å². The minimum atomic E-state index is -1.70. The van der Waals surface area contributed by atoms with Crippen LogP contribution in [0.4, 0.5) is 0 Å². The fourth-order valence-corrected chi connectivity index (χ4v) is 2.56. The average Bonchev–Trinajstić information content (AvgIpc) is 2.93. The Morgan fingerprint density at radius 3 is 2.46 bits per heavy atom. The van der Waals surface area contributed by atoms with Crippen molar-refractivity contribution in [3.8, 4) is 0 Å². The van der Waals surface area contributed by atoms with Crippen LogP contribution >= 0.6 is 23.2 Å². The molecule has 0 bridgehead atoms. The number of aliphatic hydroxyl groups is 4. The molecule has 1 heterocycles. The van der Waals surface area contributed by atoms with Gasteiger partial charge in [0, 0.05) is 6.92 Å². The minimum absolute atomic E-state index is 0.134. The number of H-pyrrole nitrogens is 1. The van der Waals surface area contributed by atoms with Gasteiger partial charge in [-0.15, -0.1) is 0 Å². The molecular formula is C14H17Cl2N3O5. The number of benzene rings is 1. The fraction of sp³-hybridized carbons (Fsp3) is 0.429. The molecule has 24 heavy (non-hydrogen) atoms. The lowest BCUT2D eigenvalue weighted by Gasteiger charge is -2.28. The van der Waals surface area contributed by atoms with Gasteiger partial charge in [0.25, 0.3) is 0 Å². The summed E-state index contributed by atoms with van der Waals surface area (Å²) in [5, 5.41) is 41.6. The van der Waals surface area contributed by atoms with Crippen LogP contribution in [-0.2, 0) is 4.79 Å². The third kappa shape index (κ3) is 3.97. The Balaban J connectivity index is 2.42. The number of imidazole rings is 1. The molecule has 0 saturated heterocycles. The smallest absolute Gasteiger partial charge is 0.217 e. The molecule has 2 aromatic rings. The first-order chi connectivity index (χ1) is 11.2. The summed E-state index contributed by atoms with van der Waals surface area (Å²) in [6, 6.07) is 1.89. The second-order valence-corrected chi connectivity index (χ2v) is 6.13. The summed E-state index contributed by atoms with van der Waals surface area (Å²) in [5.41, 5.74) is 0.957. The van der Waals surface area contributed by atoms with E-state index in [4.69, 9.17) is 28.3 Å². The quantitative estimate of drug-likeness (QED) is 0.422. The summed E-state index contributed by atoms with van der Waals surface area (Å²) in [7, 11) is 0. The molecule has 8 nitrogen and oxygen atoms in total. The predicted octanol–water partition coefficient (Wildman–Crippen LogP) is 0.122. The number of amides is 1. The third-order valence-corrected chi connectivity index (χ3v) is 4.19. The zero-order chi connectivity index (χ0) is 18.0. The van der Waals surface area contributed by atoms with Crippen LogP contribution in [0.15, 0.2) is 12.1 Å². The third-order valence-electron chi connectivity index (χ3n) is 3.47. The lowest BCUT2D eigenvalue weighted by molar-refractivity contribution is -0.123. The average molecular weight is 378 g/mol. The molecule has 4 atom stereocenters. The first-order valence-corrected chi connectivity index (χ1v) is 7.77. The van der Waals surface area contributed by atoms with Gasteiger partial charge in [0.1, 0.15) is 30.2 Å². The summed E-state index contributed by atoms with van der Waals surface area (Å²) in [4.78, 5) is 18.5. The van der Waals surface area contributed by atoms with Crippen LogP contribution in [0.1, 0.15) is 18.8 Å². The summed E-state index contributed by atoms with van der Waals surface area (Å²) in [6.45, 7) is 0.474. The highest BCUT2D eigenvalue weighted by Gasteiger charge is 2.34. The number of fused-ring (bicyclic) bond motifs is 1. The van der Waals surface area contributed by atoms with Crippen LogP contribution in [-0.4, -0.2) is 61.2 Å². The molecule has 0 aliphatic carbocycles. The van der Waals surface area contributed by atoms with Crippen molar-refractivity contribution < 1.29 is 25.2 Å². The van der Waals surface area contributed by atoms with Crippen LogP contribution in [0.3, 0.4) is 0 Å². The molecule has 1 aromatic heterocycles. The maximum Gasteiger partial charge on any atom is 0.217 e. The molecule has 1 amide bonds. The Morgan fingerprint density at radius 2 is 1.88 bits per heavy atom. The summed E-state index contributed by atoms with van der Waals surface area (Å²) in [6.07, 6.45) is -4.90. The maximum absolute atomic E-state index is 11.4. The first-order valence-electron chi connectivity index (χ1n) is 7.01. The van der Waals surface area contributed by atoms with Gasteiger partial charge >= 0.3 is 0 Å². The van der Waals surface area contributed by atoms with E-state index in [0.717, 1.165) is 0 Å². The van der Waals surface area contributed by atoms with Crippen molar-refractivity contribution in [3.05, 3.63) is 28.0 Å². The number of nitrogens with one attached hydrogen (secondary N) is 2. The van der Waals surface area contributed by atoms with Gasteiger partial charge in [0.05, 0.1) is 27.7 Å². The topological polar surface area (TPSA) is 139 Å². The van der Waals surface area contributed by atoms with E-state index in [1.165, 1.54) is 19.1 Å². The van der Waals surface area contributed by atoms with Gasteiger partial charge in [-0.2, -0.15) is 0 Å². The SMILES string of the molecule is CC(=O)N[C@H](c1nc2cc(Cl)c(Cl)cc2[nH]1)C(O)[C@H](O)C(O)CO. The van der Waals surface area contributed by atoms with Crippen molar-refractivity contribution in [1.82, 2.24) is 15.3 Å². The first kappa shape index (κ1) is 18.9. The van der Waals surface area contributed by atoms with Crippen LogP contribution in [0.25, 0.3) is 11.0 Å². The number of carbonyl (C=O) groups excluding carboxylic acids is 1. The molecule has 0 aliphatic heterocycles. The van der Waals surface area contributed by atoms with E-state index >= 15 is 0 Å². The normalized spacial score (nSPS) is 16.6. The van der Waals surface area contributed by atoms with Crippen molar-refractivity contribution in [2.75, 3.05) is 6.61 Å². The molecule has 0 radical (unpaired) electrons. The standard InChI is InChI=1S/C14H17Cl2N3O5/c1-5(21)17-11(13(24)12(23)10(22)4-20)14-18-8-2-6(15)7(16)3-9(8)19-14/h2-3,10-13,20,22-24H,4H2,1H3,(H,17,21)(H,18,19)/t10?,11-,12+,13?/m0/s1. The highest BCUT2D eigenvalue weighted by atomic mass is 35.5. The molecule has 10 heteroatoms. The van der Waals surface area contributed by atoms with Gasteiger partial charge in [-0.3, -0.25) is 4.79 Å². The minimum Gasteiger partial charge on any atom is -0.394 e. The Morgan fingerprint density at radius 1 is 1.25 bits per heavy atom. The van der Waals surface area contributed by atoms with Crippen molar-refractivity contribution in [3.63, 3.8) is 0 Å². The molecule has 2 rings (SSSR count). The number of hydrogen-bond acceptors (Lipinski definition) is 6. The van der Waals surface area contributed by atoms with Crippen molar-refractivity contribution in [2.24, 2.45) is 0 Å². The number of halogens is 2. The van der Waals surface area contributed by atoms with E-state index in [9.17, 15) is 20.1 Å². The largest absolute Gasteiger partial charge is 0.394 e. The summed E-state index contributed by atoms with van der Waals surface area (Å²) >= 11 is 11.9. The number of rotatable bonds is 6. The van der Waals surface area contributed by atoms with E-state index in [2.05, 4.69) is 15.3 Å². The second-order valence-electron chi connectivity index (χ2n) is 5.31. The zero-order valence-electron chi connectivity index (χ0n) is 12.6. The van der Waals surface area contributed by atoms with Crippen LogP contribution in [0.2, 0.25) is 10.0 Å². The number of hydrogen-bond donors (Lipinski definition) is 6. The second kappa shape index (κ2) is 7.64. The molecule has 0 fully saturated rings. The van der Waals surface area contributed by atoms with Crippen molar-refractivity contribution in [2.45, 2.75) is 31.3 Å². The fourth-order valence-electron chi connectivity index (χ4n) is 2.24. The lowest BCUT2D eigenvalue weighted by Crippen LogP contribution is -2.47. The molecule has 0 saturated carbocycles. The lowest BCUT2D eigenvalue weighted by atomic mass is 10.0. The Labute approximate surface area is 147 Å². The molecule has 2 unspecified atom stereocenters. The summed E-state index contributed by atoms with van der Waals surface area (Å²) < 4.78 is 0. The number of aromatic nitrogens is 2. The molecule has 0 spiro atoms. The Kier molecular flexibility index (Phi) is 6.02. The molecule has 0 aliphatic rings. The van der Waals surface area contributed by atoms with Crippen molar-refractivity contribution >= 4 is 40.1 Å². The van der Waals surface area contributed by atoms with E-state index in [0.29, 0.717) is 16.1 Å². The Hall–Kier alpha value is -1.42. The van der Waals surface area contributed by atoms with E-state index < -0.39 is 36.9 Å². The van der Waals surface area contributed by atoms with Crippen LogP contribution in [0, 0.1) is 0 Å². The molecular weight excluding hydrogens is 361 g/mol. The maximum atomic E-state index is 11.4. The number of aliphatic hydroxyl groups excluding tert-OH is 4. The molecule has 1 aromatic carbocycles. The van der Waals surface area contributed by atoms with Crippen LogP contribution < -0.4 is 5.32 Å². The van der Waals surface area contributed by atoms with Gasteiger partial charge in [-0.1, -0.05) is 23.2 Å². The summed E-state index contributed by atoms with van der Waals surface area (Å²) in [5.74, 6) is -0.350. The van der Waals surface area contributed by atoms with Gasteiger partial charge in [-0.05, 0) is 12.1 Å². The number of nitrogens with zero attached hydrogens (tertiary/aromatic N) is 1. The van der Waals surface area contributed by atoms with E-state index in [1.54, 1.807) is 0 Å². The van der Waals surface area contributed by atoms with E-state index in [1.807, 2.05) is 0 Å². The monoisotopic (exact) mass is 377 g/mol. The van der Waals surface area contributed by atoms with Gasteiger partial charge in [0.2, 0.25) is 5.91 Å². The van der Waals surface area contributed by atoms with Gasteiger partial charge in [0.15, 0.2) is 0 Å². The number of aromatic amines is 1. The Bertz CT molecular complexity index is 700. The molecule has 132 valence electrons. The zero-order valence-corrected chi connectivity index (χ0v) is 14.1. The van der Waals surface area contributed by atoms with Crippen molar-refractivity contribution in [1.29, 1.82) is 0 Å². The highest BCUT2D eigenvalue weighted by Crippen LogP contribution is 2.28. The van der Waals surface area contributed by atoms with E-state index in [-0.39, 0.29) is 10.8 Å². The predicted molar refractivity (Wildman–Crippen MR) is 87.8 cm³/mol. The van der Waals surface area contributed by atoms with Gasteiger partial charge < -0.3 is 30.7 Å². The highest BCUT2D eigenvalue weighted by molar-refractivity contribution is 6.42. The molecule has 6 N–H and O–H groups in total. The number of carbonyl (C=O) groups is 1.